The highest BCUT2D eigenvalue weighted by Gasteiger charge is 2.18. The van der Waals surface area contributed by atoms with E-state index >= 15 is 0 Å². The Morgan fingerprint density at radius 1 is 0.917 bits per heavy atom. The minimum atomic E-state index is -0.239. The molecule has 0 aromatic heterocycles. The lowest BCUT2D eigenvalue weighted by atomic mass is 9.87. The molecule has 188 valence electrons. The zero-order valence-electron chi connectivity index (χ0n) is 20.8. The number of anilines is 2. The van der Waals surface area contributed by atoms with Crippen molar-refractivity contribution in [2.75, 3.05) is 23.8 Å². The molecule has 3 aromatic rings. The van der Waals surface area contributed by atoms with E-state index in [4.69, 9.17) is 9.47 Å². The molecule has 3 aromatic carbocycles. The van der Waals surface area contributed by atoms with E-state index in [0.717, 1.165) is 19.4 Å². The largest absolute Gasteiger partial charge is 0.490 e. The molecule has 2 amide bonds. The van der Waals surface area contributed by atoms with Crippen molar-refractivity contribution < 1.29 is 19.1 Å². The molecule has 1 saturated heterocycles. The molecule has 1 heterocycles. The Bertz CT molecular complexity index is 1210. The van der Waals surface area contributed by atoms with Crippen molar-refractivity contribution in [3.63, 3.8) is 0 Å². The lowest BCUT2D eigenvalue weighted by molar-refractivity contribution is 0.0677. The van der Waals surface area contributed by atoms with Crippen molar-refractivity contribution >= 4 is 39.1 Å². The van der Waals surface area contributed by atoms with Gasteiger partial charge in [-0.15, -0.1) is 0 Å². The molecule has 0 saturated carbocycles. The summed E-state index contributed by atoms with van der Waals surface area (Å²) in [5.41, 5.74) is 3.57. The van der Waals surface area contributed by atoms with Crippen molar-refractivity contribution in [2.45, 2.75) is 45.1 Å². The van der Waals surface area contributed by atoms with E-state index in [1.807, 2.05) is 24.3 Å². The number of hydrogen-bond acceptors (Lipinski definition) is 4. The van der Waals surface area contributed by atoms with Crippen LogP contribution in [-0.4, -0.2) is 31.1 Å². The number of rotatable bonds is 7. The molecule has 1 atom stereocenters. The van der Waals surface area contributed by atoms with Crippen LogP contribution >= 0.6 is 15.9 Å². The van der Waals surface area contributed by atoms with Crippen LogP contribution in [0.25, 0.3) is 0 Å². The molecule has 4 rings (SSSR count). The summed E-state index contributed by atoms with van der Waals surface area (Å²) in [5, 5.41) is 5.77. The molecule has 0 spiro atoms. The van der Waals surface area contributed by atoms with E-state index in [1.165, 1.54) is 5.56 Å². The molecule has 7 heteroatoms. The number of carbonyl (C=O) groups is 2. The second-order valence-corrected chi connectivity index (χ2v) is 10.8. The number of hydrogen-bond donors (Lipinski definition) is 2. The Balaban J connectivity index is 1.32. The normalized spacial score (nSPS) is 15.4. The average Bonchev–Trinajstić information content (AvgIpc) is 3.37. The number of halogens is 1. The first-order valence-corrected chi connectivity index (χ1v) is 12.9. The van der Waals surface area contributed by atoms with Gasteiger partial charge < -0.3 is 20.1 Å². The zero-order chi connectivity index (χ0) is 25.7. The SMILES string of the molecule is CC(C)(C)c1ccc(C(=O)Nc2ccc(NC(=O)c3ccc(OCC4CCCO4)c(Br)c3)cc2)cc1. The smallest absolute Gasteiger partial charge is 0.255 e. The van der Waals surface area contributed by atoms with Crippen LogP contribution in [0.15, 0.2) is 71.2 Å². The molecule has 1 aliphatic heterocycles. The van der Waals surface area contributed by atoms with Crippen molar-refractivity contribution in [2.24, 2.45) is 0 Å². The van der Waals surface area contributed by atoms with Gasteiger partial charge in [-0.05, 0) is 94.3 Å². The van der Waals surface area contributed by atoms with Gasteiger partial charge in [0.25, 0.3) is 11.8 Å². The molecule has 1 unspecified atom stereocenters. The van der Waals surface area contributed by atoms with Crippen molar-refractivity contribution in [1.82, 2.24) is 0 Å². The fraction of sp³-hybridized carbons (Fsp3) is 0.310. The molecule has 36 heavy (non-hydrogen) atoms. The Morgan fingerprint density at radius 2 is 1.50 bits per heavy atom. The second-order valence-electron chi connectivity index (χ2n) is 9.90. The van der Waals surface area contributed by atoms with Crippen molar-refractivity contribution in [1.29, 1.82) is 0 Å². The van der Waals surface area contributed by atoms with Crippen LogP contribution in [0.3, 0.4) is 0 Å². The third kappa shape index (κ3) is 6.74. The highest BCUT2D eigenvalue weighted by Crippen LogP contribution is 2.28. The standard InChI is InChI=1S/C29H31BrN2O4/c1-29(2,3)21-9-6-19(7-10-21)27(33)31-22-11-13-23(14-12-22)32-28(34)20-8-15-26(25(30)17-20)36-18-24-5-4-16-35-24/h6-15,17,24H,4-5,16,18H2,1-3H3,(H,31,33)(H,32,34). The first-order valence-electron chi connectivity index (χ1n) is 12.1. The minimum absolute atomic E-state index is 0.0333. The maximum atomic E-state index is 12.7. The van der Waals surface area contributed by atoms with E-state index in [-0.39, 0.29) is 23.3 Å². The maximum absolute atomic E-state index is 12.7. The summed E-state index contributed by atoms with van der Waals surface area (Å²) < 4.78 is 12.1. The monoisotopic (exact) mass is 550 g/mol. The fourth-order valence-electron chi connectivity index (χ4n) is 3.88. The van der Waals surface area contributed by atoms with Crippen molar-refractivity contribution in [3.8, 4) is 5.75 Å². The number of nitrogens with one attached hydrogen (secondary N) is 2. The van der Waals surface area contributed by atoms with Gasteiger partial charge in [-0.2, -0.15) is 0 Å². The fourth-order valence-corrected chi connectivity index (χ4v) is 4.38. The molecule has 2 N–H and O–H groups in total. The van der Waals surface area contributed by atoms with Crippen molar-refractivity contribution in [3.05, 3.63) is 87.9 Å². The van der Waals surface area contributed by atoms with E-state index in [2.05, 4.69) is 47.3 Å². The minimum Gasteiger partial charge on any atom is -0.490 e. The number of benzene rings is 3. The van der Waals surface area contributed by atoms with Crippen LogP contribution in [0.4, 0.5) is 11.4 Å². The Hall–Kier alpha value is -3.16. The number of ether oxygens (including phenoxy) is 2. The summed E-state index contributed by atoms with van der Waals surface area (Å²) >= 11 is 3.49. The van der Waals surface area contributed by atoms with Crippen LogP contribution in [0.5, 0.6) is 5.75 Å². The number of amides is 2. The van der Waals surface area contributed by atoms with Crippen LogP contribution < -0.4 is 15.4 Å². The summed E-state index contributed by atoms with van der Waals surface area (Å²) in [7, 11) is 0. The average molecular weight is 551 g/mol. The quantitative estimate of drug-likeness (QED) is 0.338. The summed E-state index contributed by atoms with van der Waals surface area (Å²) in [5.74, 6) is 0.256. The molecule has 1 aliphatic rings. The first-order chi connectivity index (χ1) is 17.2. The summed E-state index contributed by atoms with van der Waals surface area (Å²) in [4.78, 5) is 25.3. The molecule has 6 nitrogen and oxygen atoms in total. The molecule has 0 bridgehead atoms. The van der Waals surface area contributed by atoms with Crippen LogP contribution in [0.2, 0.25) is 0 Å². The van der Waals surface area contributed by atoms with Gasteiger partial charge in [-0.1, -0.05) is 32.9 Å². The lowest BCUT2D eigenvalue weighted by Crippen LogP contribution is -2.17. The third-order valence-corrected chi connectivity index (χ3v) is 6.68. The highest BCUT2D eigenvalue weighted by molar-refractivity contribution is 9.10. The van der Waals surface area contributed by atoms with Gasteiger partial charge in [0.15, 0.2) is 0 Å². The van der Waals surface area contributed by atoms with E-state index < -0.39 is 0 Å². The Labute approximate surface area is 220 Å². The molecule has 0 aliphatic carbocycles. The van der Waals surface area contributed by atoms with Gasteiger partial charge in [-0.3, -0.25) is 9.59 Å². The molecule has 0 radical (unpaired) electrons. The maximum Gasteiger partial charge on any atom is 0.255 e. The van der Waals surface area contributed by atoms with Gasteiger partial charge in [0.1, 0.15) is 12.4 Å². The lowest BCUT2D eigenvalue weighted by Gasteiger charge is -2.19. The van der Waals surface area contributed by atoms with Gasteiger partial charge >= 0.3 is 0 Å². The van der Waals surface area contributed by atoms with E-state index in [0.29, 0.717) is 39.3 Å². The van der Waals surface area contributed by atoms with Gasteiger partial charge in [-0.25, -0.2) is 0 Å². The Morgan fingerprint density at radius 3 is 2.03 bits per heavy atom. The first kappa shape index (κ1) is 25.9. The summed E-state index contributed by atoms with van der Waals surface area (Å²) in [6.45, 7) is 7.69. The summed E-state index contributed by atoms with van der Waals surface area (Å²) in [6.07, 6.45) is 2.19. The Kier molecular flexibility index (Phi) is 8.11. The predicted octanol–water partition coefficient (Wildman–Crippen LogP) is 6.81. The van der Waals surface area contributed by atoms with Gasteiger partial charge in [0.2, 0.25) is 0 Å². The van der Waals surface area contributed by atoms with Crippen LogP contribution in [-0.2, 0) is 10.2 Å². The summed E-state index contributed by atoms with van der Waals surface area (Å²) in [6, 6.07) is 19.9. The topological polar surface area (TPSA) is 76.7 Å². The highest BCUT2D eigenvalue weighted by atomic mass is 79.9. The molecule has 1 fully saturated rings. The zero-order valence-corrected chi connectivity index (χ0v) is 22.4. The number of carbonyl (C=O) groups excluding carboxylic acids is 2. The second kappa shape index (κ2) is 11.3. The van der Waals surface area contributed by atoms with Gasteiger partial charge in [0, 0.05) is 29.1 Å². The van der Waals surface area contributed by atoms with E-state index in [1.54, 1.807) is 42.5 Å². The molecular formula is C29H31BrN2O4. The van der Waals surface area contributed by atoms with Crippen LogP contribution in [0, 0.1) is 0 Å². The van der Waals surface area contributed by atoms with Crippen LogP contribution in [0.1, 0.15) is 59.9 Å². The third-order valence-electron chi connectivity index (χ3n) is 6.06. The van der Waals surface area contributed by atoms with Gasteiger partial charge in [0.05, 0.1) is 10.6 Å². The predicted molar refractivity (Wildman–Crippen MR) is 146 cm³/mol. The molecular weight excluding hydrogens is 520 g/mol. The van der Waals surface area contributed by atoms with E-state index in [9.17, 15) is 9.59 Å².